The van der Waals surface area contributed by atoms with Crippen LogP contribution in [0.3, 0.4) is 0 Å². The molecule has 1 saturated carbocycles. The Morgan fingerprint density at radius 3 is 2.78 bits per heavy atom. The van der Waals surface area contributed by atoms with Gasteiger partial charge >= 0.3 is 0 Å². The van der Waals surface area contributed by atoms with Crippen molar-refractivity contribution >= 4 is 11.8 Å². The van der Waals surface area contributed by atoms with Crippen LogP contribution in [0.15, 0.2) is 12.5 Å². The highest BCUT2D eigenvalue weighted by Gasteiger charge is 2.32. The molecule has 1 aliphatic rings. The third kappa shape index (κ3) is 2.91. The van der Waals surface area contributed by atoms with Crippen molar-refractivity contribution in [1.29, 1.82) is 0 Å². The number of imidazole rings is 1. The molecule has 1 aromatic heterocycles. The van der Waals surface area contributed by atoms with Crippen molar-refractivity contribution in [3.8, 4) is 0 Å². The van der Waals surface area contributed by atoms with Crippen LogP contribution >= 0.6 is 11.8 Å². The summed E-state index contributed by atoms with van der Waals surface area (Å²) in [5, 5.41) is 0. The highest BCUT2D eigenvalue weighted by Crippen LogP contribution is 2.40. The zero-order chi connectivity index (χ0) is 13.0. The van der Waals surface area contributed by atoms with Gasteiger partial charge in [-0.15, -0.1) is 0 Å². The maximum absolute atomic E-state index is 6.16. The molecule has 2 N–H and O–H groups in total. The Morgan fingerprint density at radius 2 is 2.17 bits per heavy atom. The van der Waals surface area contributed by atoms with Gasteiger partial charge in [0.25, 0.3) is 0 Å². The molecule has 1 aliphatic carbocycles. The van der Waals surface area contributed by atoms with Crippen molar-refractivity contribution < 1.29 is 0 Å². The van der Waals surface area contributed by atoms with Crippen molar-refractivity contribution in [2.24, 2.45) is 5.73 Å². The molecule has 4 heteroatoms. The van der Waals surface area contributed by atoms with E-state index in [9.17, 15) is 0 Å². The lowest BCUT2D eigenvalue weighted by atomic mass is 9.88. The second-order valence-corrected chi connectivity index (χ2v) is 6.68. The number of thioether (sulfide) groups is 1. The van der Waals surface area contributed by atoms with Crippen LogP contribution in [0.4, 0.5) is 0 Å². The number of rotatable bonds is 5. The van der Waals surface area contributed by atoms with Gasteiger partial charge in [0.2, 0.25) is 0 Å². The molecule has 0 aromatic carbocycles. The molecule has 0 radical (unpaired) electrons. The predicted molar refractivity (Wildman–Crippen MR) is 78.8 cm³/mol. The van der Waals surface area contributed by atoms with Crippen LogP contribution < -0.4 is 5.73 Å². The number of aromatic nitrogens is 2. The van der Waals surface area contributed by atoms with Crippen LogP contribution in [0.2, 0.25) is 0 Å². The minimum Gasteiger partial charge on any atom is -0.332 e. The van der Waals surface area contributed by atoms with E-state index in [0.29, 0.717) is 4.75 Å². The molecule has 3 nitrogen and oxygen atoms in total. The predicted octanol–water partition coefficient (Wildman–Crippen LogP) is 3.36. The van der Waals surface area contributed by atoms with Crippen molar-refractivity contribution in [3.63, 3.8) is 0 Å². The Balaban J connectivity index is 2.14. The van der Waals surface area contributed by atoms with Gasteiger partial charge in [0.05, 0.1) is 12.0 Å². The molecule has 0 spiro atoms. The smallest absolute Gasteiger partial charge is 0.0949 e. The zero-order valence-corrected chi connectivity index (χ0v) is 12.4. The summed E-state index contributed by atoms with van der Waals surface area (Å²) < 4.78 is 2.69. The van der Waals surface area contributed by atoms with Crippen LogP contribution in [-0.2, 0) is 6.54 Å². The van der Waals surface area contributed by atoms with Crippen LogP contribution in [-0.4, -0.2) is 20.6 Å². The Hall–Kier alpha value is -0.480. The van der Waals surface area contributed by atoms with E-state index in [2.05, 4.69) is 22.7 Å². The van der Waals surface area contributed by atoms with Gasteiger partial charge in [0, 0.05) is 23.5 Å². The topological polar surface area (TPSA) is 43.8 Å². The molecule has 0 bridgehead atoms. The fourth-order valence-electron chi connectivity index (χ4n) is 2.91. The second-order valence-electron chi connectivity index (χ2n) is 5.41. The van der Waals surface area contributed by atoms with Crippen molar-refractivity contribution in [1.82, 2.24) is 9.55 Å². The van der Waals surface area contributed by atoms with Crippen LogP contribution in [0.1, 0.15) is 57.2 Å². The Labute approximate surface area is 115 Å². The molecule has 1 heterocycles. The van der Waals surface area contributed by atoms with Gasteiger partial charge in [-0.1, -0.05) is 26.2 Å². The van der Waals surface area contributed by atoms with Gasteiger partial charge in [-0.25, -0.2) is 4.98 Å². The highest BCUT2D eigenvalue weighted by atomic mass is 32.2. The normalized spacial score (nSPS) is 20.8. The van der Waals surface area contributed by atoms with Crippen molar-refractivity contribution in [2.75, 3.05) is 6.26 Å². The fraction of sp³-hybridized carbons (Fsp3) is 0.786. The number of hydrogen-bond acceptors (Lipinski definition) is 3. The van der Waals surface area contributed by atoms with E-state index < -0.39 is 0 Å². The molecular weight excluding hydrogens is 242 g/mol. The molecule has 102 valence electrons. The summed E-state index contributed by atoms with van der Waals surface area (Å²) >= 11 is 2.03. The average molecular weight is 267 g/mol. The summed E-state index contributed by atoms with van der Waals surface area (Å²) in [6, 6.07) is 0.120. The minimum atomic E-state index is 0.120. The molecule has 18 heavy (non-hydrogen) atoms. The van der Waals surface area contributed by atoms with E-state index in [1.807, 2.05) is 24.3 Å². The van der Waals surface area contributed by atoms with E-state index in [4.69, 9.17) is 5.73 Å². The van der Waals surface area contributed by atoms with Gasteiger partial charge in [-0.2, -0.15) is 11.8 Å². The standard InChI is InChI=1S/C14H25N3S/c1-3-12(15)13-9-16-11-17(13)10-14(18-2)7-5-4-6-8-14/h9,11-12H,3-8,10,15H2,1-2H3/t12-/m1/s1. The maximum Gasteiger partial charge on any atom is 0.0949 e. The second kappa shape index (κ2) is 6.11. The van der Waals surface area contributed by atoms with E-state index in [1.54, 1.807) is 0 Å². The summed E-state index contributed by atoms with van der Waals surface area (Å²) in [6.07, 6.45) is 13.9. The SMILES string of the molecule is CC[C@@H](N)c1cncn1CC1(SC)CCCCC1. The summed E-state index contributed by atoms with van der Waals surface area (Å²) in [5.74, 6) is 0. The molecule has 0 aliphatic heterocycles. The third-order valence-electron chi connectivity index (χ3n) is 4.22. The largest absolute Gasteiger partial charge is 0.332 e. The summed E-state index contributed by atoms with van der Waals surface area (Å²) in [4.78, 5) is 4.30. The third-order valence-corrected chi connectivity index (χ3v) is 5.62. The van der Waals surface area contributed by atoms with Gasteiger partial charge in [0.15, 0.2) is 0 Å². The fourth-order valence-corrected chi connectivity index (χ4v) is 3.88. The first-order valence-corrected chi connectivity index (χ1v) is 8.24. The summed E-state index contributed by atoms with van der Waals surface area (Å²) in [6.45, 7) is 3.20. The lowest BCUT2D eigenvalue weighted by molar-refractivity contribution is 0.352. The lowest BCUT2D eigenvalue weighted by Crippen LogP contribution is -2.34. The van der Waals surface area contributed by atoms with Gasteiger partial charge in [0.1, 0.15) is 0 Å². The molecule has 2 rings (SSSR count). The van der Waals surface area contributed by atoms with Gasteiger partial charge in [-0.3, -0.25) is 0 Å². The maximum atomic E-state index is 6.16. The molecule has 0 unspecified atom stereocenters. The molecular formula is C14H25N3S. The minimum absolute atomic E-state index is 0.120. The van der Waals surface area contributed by atoms with E-state index >= 15 is 0 Å². The van der Waals surface area contributed by atoms with E-state index in [-0.39, 0.29) is 6.04 Å². The molecule has 1 fully saturated rings. The van der Waals surface area contributed by atoms with Crippen molar-refractivity contribution in [2.45, 2.75) is 62.8 Å². The first kappa shape index (κ1) is 13.9. The molecule has 0 amide bonds. The van der Waals surface area contributed by atoms with Crippen LogP contribution in [0.25, 0.3) is 0 Å². The lowest BCUT2D eigenvalue weighted by Gasteiger charge is -2.36. The molecule has 1 atom stereocenters. The van der Waals surface area contributed by atoms with E-state index in [0.717, 1.165) is 13.0 Å². The Kier molecular flexibility index (Phi) is 4.73. The highest BCUT2D eigenvalue weighted by molar-refractivity contribution is 8.00. The number of nitrogens with zero attached hydrogens (tertiary/aromatic N) is 2. The summed E-state index contributed by atoms with van der Waals surface area (Å²) in [5.41, 5.74) is 7.35. The average Bonchev–Trinajstić information content (AvgIpc) is 2.87. The van der Waals surface area contributed by atoms with Gasteiger partial charge in [-0.05, 0) is 25.5 Å². The molecule has 0 saturated heterocycles. The summed E-state index contributed by atoms with van der Waals surface area (Å²) in [7, 11) is 0. The Bertz CT molecular complexity index is 369. The van der Waals surface area contributed by atoms with Gasteiger partial charge < -0.3 is 10.3 Å². The first-order valence-electron chi connectivity index (χ1n) is 7.01. The number of hydrogen-bond donors (Lipinski definition) is 1. The number of nitrogens with two attached hydrogens (primary N) is 1. The first-order chi connectivity index (χ1) is 8.71. The Morgan fingerprint density at radius 1 is 1.44 bits per heavy atom. The van der Waals surface area contributed by atoms with Crippen LogP contribution in [0, 0.1) is 0 Å². The van der Waals surface area contributed by atoms with Crippen molar-refractivity contribution in [3.05, 3.63) is 18.2 Å². The zero-order valence-electron chi connectivity index (χ0n) is 11.6. The van der Waals surface area contributed by atoms with E-state index in [1.165, 1.54) is 37.8 Å². The monoisotopic (exact) mass is 267 g/mol. The quantitative estimate of drug-likeness (QED) is 0.889. The molecule has 1 aromatic rings. The van der Waals surface area contributed by atoms with Crippen LogP contribution in [0.5, 0.6) is 0 Å².